The summed E-state index contributed by atoms with van der Waals surface area (Å²) in [6, 6.07) is 6.32. The van der Waals surface area contributed by atoms with Crippen molar-refractivity contribution in [3.8, 4) is 0 Å². The van der Waals surface area contributed by atoms with E-state index in [1.165, 1.54) is 18.2 Å². The highest BCUT2D eigenvalue weighted by molar-refractivity contribution is 5.64. The number of hydrogen-bond acceptors (Lipinski definition) is 1. The molecule has 1 aromatic carbocycles. The molecule has 1 aromatic rings. The highest BCUT2D eigenvalue weighted by Gasteiger charge is 1.91. The van der Waals surface area contributed by atoms with Crippen molar-refractivity contribution < 1.29 is 9.18 Å². The molecule has 0 fully saturated rings. The van der Waals surface area contributed by atoms with E-state index >= 15 is 0 Å². The number of hydrogen-bond donors (Lipinski definition) is 0. The van der Waals surface area contributed by atoms with E-state index in [1.54, 1.807) is 12.1 Å². The van der Waals surface area contributed by atoms with Crippen molar-refractivity contribution in [1.29, 1.82) is 0 Å². The highest BCUT2D eigenvalue weighted by Crippen LogP contribution is 2.04. The molecule has 12 heavy (non-hydrogen) atoms. The van der Waals surface area contributed by atoms with Gasteiger partial charge in [-0.1, -0.05) is 18.2 Å². The van der Waals surface area contributed by atoms with Crippen LogP contribution in [0.25, 0.3) is 0 Å². The van der Waals surface area contributed by atoms with Crippen LogP contribution in [0, 0.1) is 5.82 Å². The summed E-state index contributed by atoms with van der Waals surface area (Å²) in [5, 5.41) is 0. The van der Waals surface area contributed by atoms with Gasteiger partial charge < -0.3 is 0 Å². The van der Waals surface area contributed by atoms with Crippen LogP contribution in [0.15, 0.2) is 36.4 Å². The van der Waals surface area contributed by atoms with Crippen molar-refractivity contribution in [2.24, 2.45) is 0 Å². The standard InChI is InChI=1S/C10H9FO/c11-10-6-3-5-9(8-10)4-1-2-7-12/h1-3,5-8H,4H2. The molecule has 0 spiro atoms. The quantitative estimate of drug-likeness (QED) is 0.494. The third kappa shape index (κ3) is 2.66. The Bertz CT molecular complexity index is 292. The number of halogens is 1. The van der Waals surface area contributed by atoms with Crippen LogP contribution in [0.4, 0.5) is 4.39 Å². The lowest BCUT2D eigenvalue weighted by Crippen LogP contribution is -1.82. The van der Waals surface area contributed by atoms with Crippen LogP contribution in [-0.2, 0) is 11.2 Å². The average molecular weight is 164 g/mol. The number of allylic oxidation sites excluding steroid dienone is 2. The zero-order valence-corrected chi connectivity index (χ0v) is 6.53. The van der Waals surface area contributed by atoms with Gasteiger partial charge in [-0.25, -0.2) is 4.39 Å². The molecule has 0 N–H and O–H groups in total. The van der Waals surface area contributed by atoms with E-state index in [9.17, 15) is 9.18 Å². The summed E-state index contributed by atoms with van der Waals surface area (Å²) in [6.07, 6.45) is 4.41. The second-order valence-corrected chi connectivity index (χ2v) is 2.40. The summed E-state index contributed by atoms with van der Waals surface area (Å²) in [4.78, 5) is 9.90. The smallest absolute Gasteiger partial charge is 0.142 e. The average Bonchev–Trinajstić information content (AvgIpc) is 2.05. The van der Waals surface area contributed by atoms with E-state index in [0.717, 1.165) is 5.56 Å². The van der Waals surface area contributed by atoms with E-state index in [0.29, 0.717) is 12.7 Å². The van der Waals surface area contributed by atoms with Gasteiger partial charge in [0, 0.05) is 0 Å². The second-order valence-electron chi connectivity index (χ2n) is 2.40. The Balaban J connectivity index is 2.63. The van der Waals surface area contributed by atoms with Crippen LogP contribution in [-0.4, -0.2) is 6.29 Å². The summed E-state index contributed by atoms with van der Waals surface area (Å²) in [7, 11) is 0. The van der Waals surface area contributed by atoms with Gasteiger partial charge in [0.05, 0.1) is 0 Å². The van der Waals surface area contributed by atoms with Crippen molar-refractivity contribution in [3.05, 3.63) is 47.8 Å². The lowest BCUT2D eigenvalue weighted by Gasteiger charge is -1.94. The Morgan fingerprint density at radius 2 is 2.25 bits per heavy atom. The molecule has 0 bridgehead atoms. The third-order valence-electron chi connectivity index (χ3n) is 1.46. The fourth-order valence-electron chi connectivity index (χ4n) is 0.924. The Hall–Kier alpha value is -1.44. The van der Waals surface area contributed by atoms with Gasteiger partial charge in [0.1, 0.15) is 12.1 Å². The number of carbonyl (C=O) groups excluding carboxylic acids is 1. The Labute approximate surface area is 70.5 Å². The molecule has 1 nitrogen and oxygen atoms in total. The first-order valence-electron chi connectivity index (χ1n) is 3.67. The summed E-state index contributed by atoms with van der Waals surface area (Å²) in [5.41, 5.74) is 0.869. The number of benzene rings is 1. The second kappa shape index (κ2) is 4.44. The van der Waals surface area contributed by atoms with Crippen LogP contribution >= 0.6 is 0 Å². The van der Waals surface area contributed by atoms with Gasteiger partial charge in [0.15, 0.2) is 0 Å². The molecule has 0 aliphatic heterocycles. The lowest BCUT2D eigenvalue weighted by molar-refractivity contribution is -0.104. The minimum atomic E-state index is -0.244. The molecular formula is C10H9FO. The van der Waals surface area contributed by atoms with E-state index in [4.69, 9.17) is 0 Å². The maximum atomic E-state index is 12.6. The Kier molecular flexibility index (Phi) is 3.20. The SMILES string of the molecule is O=CC=CCc1cccc(F)c1. The largest absolute Gasteiger partial charge is 0.299 e. The summed E-state index contributed by atoms with van der Waals surface area (Å²) in [6.45, 7) is 0. The van der Waals surface area contributed by atoms with Crippen LogP contribution in [0.1, 0.15) is 5.56 Å². The fraction of sp³-hybridized carbons (Fsp3) is 0.100. The molecule has 0 atom stereocenters. The molecule has 0 heterocycles. The Morgan fingerprint density at radius 3 is 2.92 bits per heavy atom. The zero-order chi connectivity index (χ0) is 8.81. The van der Waals surface area contributed by atoms with E-state index in [1.807, 2.05) is 6.07 Å². The van der Waals surface area contributed by atoms with E-state index in [2.05, 4.69) is 0 Å². The molecule has 0 unspecified atom stereocenters. The molecule has 62 valence electrons. The maximum absolute atomic E-state index is 12.6. The van der Waals surface area contributed by atoms with E-state index in [-0.39, 0.29) is 5.82 Å². The minimum Gasteiger partial charge on any atom is -0.299 e. The number of carbonyl (C=O) groups is 1. The zero-order valence-electron chi connectivity index (χ0n) is 6.53. The predicted octanol–water partition coefficient (Wildman–Crippen LogP) is 2.12. The van der Waals surface area contributed by atoms with Gasteiger partial charge in [0.2, 0.25) is 0 Å². The van der Waals surface area contributed by atoms with Crippen LogP contribution in [0.3, 0.4) is 0 Å². The normalized spacial score (nSPS) is 10.4. The van der Waals surface area contributed by atoms with Crippen molar-refractivity contribution in [2.75, 3.05) is 0 Å². The Morgan fingerprint density at radius 1 is 1.42 bits per heavy atom. The third-order valence-corrected chi connectivity index (χ3v) is 1.46. The van der Waals surface area contributed by atoms with Crippen LogP contribution in [0.2, 0.25) is 0 Å². The van der Waals surface area contributed by atoms with Crippen molar-refractivity contribution in [3.63, 3.8) is 0 Å². The van der Waals surface area contributed by atoms with Crippen molar-refractivity contribution in [1.82, 2.24) is 0 Å². The van der Waals surface area contributed by atoms with Gasteiger partial charge in [0.25, 0.3) is 0 Å². The maximum Gasteiger partial charge on any atom is 0.142 e. The molecule has 0 aliphatic rings. The van der Waals surface area contributed by atoms with Crippen LogP contribution < -0.4 is 0 Å². The first-order chi connectivity index (χ1) is 5.83. The van der Waals surface area contributed by atoms with Gasteiger partial charge in [-0.2, -0.15) is 0 Å². The van der Waals surface area contributed by atoms with E-state index < -0.39 is 0 Å². The predicted molar refractivity (Wildman–Crippen MR) is 45.3 cm³/mol. The summed E-state index contributed by atoms with van der Waals surface area (Å²) < 4.78 is 12.6. The topological polar surface area (TPSA) is 17.1 Å². The first kappa shape index (κ1) is 8.65. The molecular weight excluding hydrogens is 155 g/mol. The van der Waals surface area contributed by atoms with Crippen molar-refractivity contribution >= 4 is 6.29 Å². The summed E-state index contributed by atoms with van der Waals surface area (Å²) in [5.74, 6) is -0.244. The minimum absolute atomic E-state index is 0.244. The van der Waals surface area contributed by atoms with Gasteiger partial charge in [-0.05, 0) is 30.2 Å². The van der Waals surface area contributed by atoms with Gasteiger partial charge in [-0.3, -0.25) is 4.79 Å². The number of rotatable bonds is 3. The monoisotopic (exact) mass is 164 g/mol. The first-order valence-corrected chi connectivity index (χ1v) is 3.67. The van der Waals surface area contributed by atoms with Gasteiger partial charge in [-0.15, -0.1) is 0 Å². The fourth-order valence-corrected chi connectivity index (χ4v) is 0.924. The molecule has 1 rings (SSSR count). The molecule has 0 amide bonds. The number of aldehydes is 1. The highest BCUT2D eigenvalue weighted by atomic mass is 19.1. The molecule has 0 radical (unpaired) electrons. The molecule has 0 aromatic heterocycles. The molecule has 0 aliphatic carbocycles. The molecule has 0 saturated carbocycles. The van der Waals surface area contributed by atoms with Crippen LogP contribution in [0.5, 0.6) is 0 Å². The molecule has 2 heteroatoms. The summed E-state index contributed by atoms with van der Waals surface area (Å²) >= 11 is 0. The molecule has 0 saturated heterocycles. The van der Waals surface area contributed by atoms with Gasteiger partial charge >= 0.3 is 0 Å². The lowest BCUT2D eigenvalue weighted by atomic mass is 10.1. The van der Waals surface area contributed by atoms with Crippen molar-refractivity contribution in [2.45, 2.75) is 6.42 Å².